The molecule has 3 rings (SSSR count). The zero-order valence-corrected chi connectivity index (χ0v) is 16.0. The molecule has 1 saturated heterocycles. The monoisotopic (exact) mass is 415 g/mol. The summed E-state index contributed by atoms with van der Waals surface area (Å²) in [4.78, 5) is 26.0. The number of hydrogen-bond acceptors (Lipinski definition) is 3. The van der Waals surface area contributed by atoms with Crippen LogP contribution in [0.4, 0.5) is 5.69 Å². The van der Waals surface area contributed by atoms with Gasteiger partial charge in [-0.2, -0.15) is 0 Å². The highest BCUT2D eigenvalue weighted by molar-refractivity contribution is 9.10. The Bertz CT molecular complexity index is 792. The molecule has 1 atom stereocenters. The second-order valence-corrected chi connectivity index (χ2v) is 7.55. The van der Waals surface area contributed by atoms with Gasteiger partial charge >= 0.3 is 0 Å². The molecule has 0 aliphatic carbocycles. The molecule has 6 heteroatoms. The Morgan fingerprint density at radius 1 is 1.19 bits per heavy atom. The van der Waals surface area contributed by atoms with Crippen LogP contribution >= 0.6 is 15.9 Å². The second-order valence-electron chi connectivity index (χ2n) is 6.64. The third kappa shape index (κ3) is 4.93. The largest absolute Gasteiger partial charge is 0.366 e. The lowest BCUT2D eigenvalue weighted by Gasteiger charge is -2.32. The molecule has 1 aliphatic heterocycles. The molecule has 1 aliphatic rings. The number of benzene rings is 2. The molecular formula is C20H22BrN3O2. The van der Waals surface area contributed by atoms with Gasteiger partial charge in [0.2, 0.25) is 11.8 Å². The Balaban J connectivity index is 1.58. The summed E-state index contributed by atoms with van der Waals surface area (Å²) < 4.78 is 1.07. The number of likely N-dealkylation sites (tertiary alicyclic amines) is 1. The van der Waals surface area contributed by atoms with Crippen LogP contribution in [-0.4, -0.2) is 29.8 Å². The Kier molecular flexibility index (Phi) is 6.06. The van der Waals surface area contributed by atoms with Crippen LogP contribution < -0.4 is 11.1 Å². The predicted molar refractivity (Wildman–Crippen MR) is 106 cm³/mol. The Morgan fingerprint density at radius 3 is 2.65 bits per heavy atom. The van der Waals surface area contributed by atoms with Crippen LogP contribution in [0.5, 0.6) is 0 Å². The van der Waals surface area contributed by atoms with E-state index in [1.165, 1.54) is 5.56 Å². The number of rotatable bonds is 5. The SMILES string of the molecule is NC(=O)c1ccc(NC(=O)C2CCCN(Cc3cccc(Br)c3)C2)cc1. The van der Waals surface area contributed by atoms with Crippen LogP contribution in [-0.2, 0) is 11.3 Å². The molecule has 1 unspecified atom stereocenters. The maximum atomic E-state index is 12.6. The van der Waals surface area contributed by atoms with Gasteiger partial charge in [0.25, 0.3) is 0 Å². The van der Waals surface area contributed by atoms with Crippen LogP contribution in [0.3, 0.4) is 0 Å². The minimum atomic E-state index is -0.474. The highest BCUT2D eigenvalue weighted by Crippen LogP contribution is 2.22. The summed E-state index contributed by atoms with van der Waals surface area (Å²) in [6.07, 6.45) is 1.90. The number of halogens is 1. The molecule has 2 amide bonds. The highest BCUT2D eigenvalue weighted by Gasteiger charge is 2.25. The molecule has 0 saturated carbocycles. The fourth-order valence-electron chi connectivity index (χ4n) is 3.27. The summed E-state index contributed by atoms with van der Waals surface area (Å²) in [7, 11) is 0. The van der Waals surface area contributed by atoms with E-state index in [9.17, 15) is 9.59 Å². The normalized spacial score (nSPS) is 17.7. The zero-order valence-electron chi connectivity index (χ0n) is 14.5. The predicted octanol–water partition coefficient (Wildman–Crippen LogP) is 3.40. The van der Waals surface area contributed by atoms with Crippen molar-refractivity contribution >= 4 is 33.4 Å². The van der Waals surface area contributed by atoms with Gasteiger partial charge in [-0.1, -0.05) is 28.1 Å². The smallest absolute Gasteiger partial charge is 0.248 e. The molecule has 26 heavy (non-hydrogen) atoms. The summed E-state index contributed by atoms with van der Waals surface area (Å²) in [5.74, 6) is -0.485. The lowest BCUT2D eigenvalue weighted by Crippen LogP contribution is -2.40. The van der Waals surface area contributed by atoms with Crippen LogP contribution in [0.2, 0.25) is 0 Å². The number of nitrogens with zero attached hydrogens (tertiary/aromatic N) is 1. The van der Waals surface area contributed by atoms with Crippen molar-refractivity contribution in [2.24, 2.45) is 11.7 Å². The number of amides is 2. The number of piperidine rings is 1. The van der Waals surface area contributed by atoms with Gasteiger partial charge in [-0.15, -0.1) is 0 Å². The average Bonchev–Trinajstić information content (AvgIpc) is 2.62. The summed E-state index contributed by atoms with van der Waals surface area (Å²) in [5.41, 5.74) is 7.59. The number of anilines is 1. The minimum Gasteiger partial charge on any atom is -0.366 e. The number of nitrogens with one attached hydrogen (secondary N) is 1. The maximum Gasteiger partial charge on any atom is 0.248 e. The Morgan fingerprint density at radius 2 is 1.96 bits per heavy atom. The average molecular weight is 416 g/mol. The molecule has 0 spiro atoms. The van der Waals surface area contributed by atoms with Crippen LogP contribution in [0.15, 0.2) is 53.0 Å². The van der Waals surface area contributed by atoms with E-state index >= 15 is 0 Å². The molecule has 5 nitrogen and oxygen atoms in total. The van der Waals surface area contributed by atoms with E-state index < -0.39 is 5.91 Å². The van der Waals surface area contributed by atoms with Crippen LogP contribution in [0.25, 0.3) is 0 Å². The number of hydrogen-bond donors (Lipinski definition) is 2. The van der Waals surface area contributed by atoms with Crippen molar-refractivity contribution in [2.45, 2.75) is 19.4 Å². The van der Waals surface area contributed by atoms with Crippen molar-refractivity contribution < 1.29 is 9.59 Å². The molecule has 0 bridgehead atoms. The number of carbonyl (C=O) groups is 2. The summed E-state index contributed by atoms with van der Waals surface area (Å²) in [5, 5.41) is 2.95. The van der Waals surface area contributed by atoms with Crippen LogP contribution in [0, 0.1) is 5.92 Å². The first-order valence-corrected chi connectivity index (χ1v) is 9.48. The molecule has 2 aromatic rings. The Labute approximate surface area is 161 Å². The lowest BCUT2D eigenvalue weighted by atomic mass is 9.96. The summed E-state index contributed by atoms with van der Waals surface area (Å²) >= 11 is 3.50. The molecule has 2 aromatic carbocycles. The van der Waals surface area contributed by atoms with Gasteiger partial charge < -0.3 is 11.1 Å². The first kappa shape index (κ1) is 18.6. The quantitative estimate of drug-likeness (QED) is 0.785. The minimum absolute atomic E-state index is 0.0239. The van der Waals surface area contributed by atoms with Crippen molar-refractivity contribution in [3.63, 3.8) is 0 Å². The van der Waals surface area contributed by atoms with Gasteiger partial charge in [-0.3, -0.25) is 14.5 Å². The fourth-order valence-corrected chi connectivity index (χ4v) is 3.72. The van der Waals surface area contributed by atoms with E-state index in [4.69, 9.17) is 5.73 Å². The first-order valence-electron chi connectivity index (χ1n) is 8.69. The van der Waals surface area contributed by atoms with Gasteiger partial charge in [-0.05, 0) is 61.3 Å². The van der Waals surface area contributed by atoms with Crippen molar-refractivity contribution in [3.05, 3.63) is 64.1 Å². The van der Waals surface area contributed by atoms with Crippen molar-refractivity contribution in [3.8, 4) is 0 Å². The van der Waals surface area contributed by atoms with E-state index in [0.717, 1.165) is 36.9 Å². The van der Waals surface area contributed by atoms with Crippen molar-refractivity contribution in [2.75, 3.05) is 18.4 Å². The summed E-state index contributed by atoms with van der Waals surface area (Å²) in [6.45, 7) is 2.60. The van der Waals surface area contributed by atoms with Gasteiger partial charge in [-0.25, -0.2) is 0 Å². The van der Waals surface area contributed by atoms with E-state index in [1.807, 2.05) is 12.1 Å². The van der Waals surface area contributed by atoms with Crippen molar-refractivity contribution in [1.29, 1.82) is 0 Å². The van der Waals surface area contributed by atoms with E-state index in [-0.39, 0.29) is 11.8 Å². The third-order valence-electron chi connectivity index (χ3n) is 4.61. The number of nitrogens with two attached hydrogens (primary N) is 1. The maximum absolute atomic E-state index is 12.6. The van der Waals surface area contributed by atoms with Gasteiger partial charge in [0.05, 0.1) is 5.92 Å². The lowest BCUT2D eigenvalue weighted by molar-refractivity contribution is -0.121. The topological polar surface area (TPSA) is 75.4 Å². The van der Waals surface area contributed by atoms with E-state index in [0.29, 0.717) is 11.3 Å². The number of carbonyl (C=O) groups excluding carboxylic acids is 2. The van der Waals surface area contributed by atoms with Gasteiger partial charge in [0, 0.05) is 28.8 Å². The molecule has 3 N–H and O–H groups in total. The second kappa shape index (κ2) is 8.47. The Hall–Kier alpha value is -2.18. The molecule has 136 valence electrons. The standard InChI is InChI=1S/C20H22BrN3O2/c21-17-5-1-3-14(11-17)12-24-10-2-4-16(13-24)20(26)23-18-8-6-15(7-9-18)19(22)25/h1,3,5-9,11,16H,2,4,10,12-13H2,(H2,22,25)(H,23,26). The van der Waals surface area contributed by atoms with E-state index in [1.54, 1.807) is 24.3 Å². The summed E-state index contributed by atoms with van der Waals surface area (Å²) in [6, 6.07) is 14.9. The molecule has 0 radical (unpaired) electrons. The zero-order chi connectivity index (χ0) is 18.5. The van der Waals surface area contributed by atoms with Crippen molar-refractivity contribution in [1.82, 2.24) is 4.90 Å². The molecule has 1 fully saturated rings. The van der Waals surface area contributed by atoms with E-state index in [2.05, 4.69) is 38.3 Å². The molecule has 0 aromatic heterocycles. The third-order valence-corrected chi connectivity index (χ3v) is 5.10. The molecule has 1 heterocycles. The first-order chi connectivity index (χ1) is 12.5. The van der Waals surface area contributed by atoms with Gasteiger partial charge in [0.1, 0.15) is 0 Å². The fraction of sp³-hybridized carbons (Fsp3) is 0.300. The van der Waals surface area contributed by atoms with Crippen LogP contribution in [0.1, 0.15) is 28.8 Å². The number of primary amides is 1. The van der Waals surface area contributed by atoms with Gasteiger partial charge in [0.15, 0.2) is 0 Å². The highest BCUT2D eigenvalue weighted by atomic mass is 79.9. The molecular weight excluding hydrogens is 394 g/mol.